The molecule has 1 N–H and O–H groups in total. The fourth-order valence-corrected chi connectivity index (χ4v) is 1.89. The Kier molecular flexibility index (Phi) is 3.91. The van der Waals surface area contributed by atoms with Crippen LogP contribution in [-0.4, -0.2) is 21.1 Å². The molecule has 110 valence electrons. The molecule has 0 bridgehead atoms. The summed E-state index contributed by atoms with van der Waals surface area (Å²) in [6, 6.07) is 11.4. The average molecular weight is 294 g/mol. The number of hydrogen-bond donors (Lipinski definition) is 1. The molecule has 0 unspecified atom stereocenters. The van der Waals surface area contributed by atoms with Crippen molar-refractivity contribution in [2.45, 2.75) is 13.5 Å². The first-order valence-electron chi connectivity index (χ1n) is 6.80. The SMILES string of the molecule is Cc1ccc(CNC(=O)c2nnc(-c3ccncc3)o2)cc1. The van der Waals surface area contributed by atoms with E-state index < -0.39 is 5.91 Å². The van der Waals surface area contributed by atoms with Crippen molar-refractivity contribution in [3.63, 3.8) is 0 Å². The second kappa shape index (κ2) is 6.17. The van der Waals surface area contributed by atoms with E-state index in [9.17, 15) is 4.79 Å². The third-order valence-corrected chi connectivity index (χ3v) is 3.12. The summed E-state index contributed by atoms with van der Waals surface area (Å²) in [6.07, 6.45) is 3.24. The number of hydrogen-bond acceptors (Lipinski definition) is 5. The predicted molar refractivity (Wildman–Crippen MR) is 79.9 cm³/mol. The van der Waals surface area contributed by atoms with Crippen LogP contribution in [0, 0.1) is 6.92 Å². The number of aryl methyl sites for hydroxylation is 1. The Balaban J connectivity index is 1.66. The van der Waals surface area contributed by atoms with Crippen LogP contribution in [0.15, 0.2) is 53.2 Å². The highest BCUT2D eigenvalue weighted by atomic mass is 16.4. The van der Waals surface area contributed by atoms with Gasteiger partial charge in [0.1, 0.15) is 0 Å². The Labute approximate surface area is 127 Å². The van der Waals surface area contributed by atoms with Crippen molar-refractivity contribution in [1.29, 1.82) is 0 Å². The maximum absolute atomic E-state index is 12.0. The van der Waals surface area contributed by atoms with E-state index in [1.54, 1.807) is 24.5 Å². The summed E-state index contributed by atoms with van der Waals surface area (Å²) in [6.45, 7) is 2.42. The van der Waals surface area contributed by atoms with Crippen molar-refractivity contribution in [3.8, 4) is 11.5 Å². The first-order chi connectivity index (χ1) is 10.7. The molecule has 3 rings (SSSR count). The minimum absolute atomic E-state index is 0.0566. The molecule has 0 fully saturated rings. The fraction of sp³-hybridized carbons (Fsp3) is 0.125. The maximum atomic E-state index is 12.0. The van der Waals surface area contributed by atoms with Crippen molar-refractivity contribution in [2.24, 2.45) is 0 Å². The molecule has 0 spiro atoms. The molecule has 3 aromatic rings. The molecule has 0 aliphatic rings. The highest BCUT2D eigenvalue weighted by Crippen LogP contribution is 2.16. The predicted octanol–water partition coefficient (Wildman–Crippen LogP) is 2.37. The number of rotatable bonds is 4. The van der Waals surface area contributed by atoms with E-state index in [0.29, 0.717) is 12.4 Å². The molecule has 1 amide bonds. The zero-order chi connectivity index (χ0) is 15.4. The van der Waals surface area contributed by atoms with Gasteiger partial charge in [0.05, 0.1) is 0 Å². The molecule has 0 saturated carbocycles. The largest absolute Gasteiger partial charge is 0.412 e. The zero-order valence-corrected chi connectivity index (χ0v) is 12.0. The summed E-state index contributed by atoms with van der Waals surface area (Å²) in [5.41, 5.74) is 2.90. The van der Waals surface area contributed by atoms with Crippen LogP contribution in [0.25, 0.3) is 11.5 Å². The Morgan fingerprint density at radius 2 is 1.82 bits per heavy atom. The van der Waals surface area contributed by atoms with Gasteiger partial charge in [-0.2, -0.15) is 0 Å². The molecule has 0 aliphatic heterocycles. The number of carbonyl (C=O) groups excluding carboxylic acids is 1. The van der Waals surface area contributed by atoms with Crippen molar-refractivity contribution in [3.05, 3.63) is 65.8 Å². The molecule has 0 radical (unpaired) electrons. The van der Waals surface area contributed by atoms with E-state index in [1.165, 1.54) is 5.56 Å². The van der Waals surface area contributed by atoms with Crippen LogP contribution in [-0.2, 0) is 6.54 Å². The third-order valence-electron chi connectivity index (χ3n) is 3.12. The normalized spacial score (nSPS) is 10.4. The average Bonchev–Trinajstić information content (AvgIpc) is 3.05. The number of pyridine rings is 1. The lowest BCUT2D eigenvalue weighted by molar-refractivity contribution is 0.0917. The molecule has 0 atom stereocenters. The second-order valence-corrected chi connectivity index (χ2v) is 4.82. The summed E-state index contributed by atoms with van der Waals surface area (Å²) >= 11 is 0. The van der Waals surface area contributed by atoms with Crippen LogP contribution in [0.3, 0.4) is 0 Å². The van der Waals surface area contributed by atoms with Crippen LogP contribution < -0.4 is 5.32 Å². The number of nitrogens with zero attached hydrogens (tertiary/aromatic N) is 3. The molecule has 22 heavy (non-hydrogen) atoms. The summed E-state index contributed by atoms with van der Waals surface area (Å²) in [7, 11) is 0. The molecular formula is C16H14N4O2. The Hall–Kier alpha value is -3.02. The van der Waals surface area contributed by atoms with Gasteiger partial charge in [0.25, 0.3) is 0 Å². The quantitative estimate of drug-likeness (QED) is 0.799. The smallest absolute Gasteiger partial charge is 0.309 e. The van der Waals surface area contributed by atoms with E-state index in [1.807, 2.05) is 31.2 Å². The molecule has 1 aromatic carbocycles. The summed E-state index contributed by atoms with van der Waals surface area (Å²) < 4.78 is 5.38. The summed E-state index contributed by atoms with van der Waals surface area (Å²) in [5, 5.41) is 10.4. The molecule has 0 aliphatic carbocycles. The Bertz CT molecular complexity index is 766. The van der Waals surface area contributed by atoms with E-state index >= 15 is 0 Å². The van der Waals surface area contributed by atoms with Gasteiger partial charge in [-0.15, -0.1) is 10.2 Å². The Morgan fingerprint density at radius 3 is 2.55 bits per heavy atom. The van der Waals surface area contributed by atoms with Gasteiger partial charge in [-0.3, -0.25) is 9.78 Å². The monoisotopic (exact) mass is 294 g/mol. The topological polar surface area (TPSA) is 80.9 Å². The van der Waals surface area contributed by atoms with E-state index in [4.69, 9.17) is 4.42 Å². The molecular weight excluding hydrogens is 280 g/mol. The number of nitrogens with one attached hydrogen (secondary N) is 1. The number of carbonyl (C=O) groups is 1. The van der Waals surface area contributed by atoms with Gasteiger partial charge in [-0.1, -0.05) is 29.8 Å². The van der Waals surface area contributed by atoms with E-state index in [2.05, 4.69) is 20.5 Å². The van der Waals surface area contributed by atoms with Crippen molar-refractivity contribution in [2.75, 3.05) is 0 Å². The third kappa shape index (κ3) is 3.17. The summed E-state index contributed by atoms with van der Waals surface area (Å²) in [5.74, 6) is -0.157. The number of aromatic nitrogens is 3. The lowest BCUT2D eigenvalue weighted by Crippen LogP contribution is -2.23. The molecule has 6 nitrogen and oxygen atoms in total. The second-order valence-electron chi connectivity index (χ2n) is 4.82. The van der Waals surface area contributed by atoms with Gasteiger partial charge in [0, 0.05) is 24.5 Å². The minimum atomic E-state index is -0.395. The van der Waals surface area contributed by atoms with Crippen LogP contribution in [0.2, 0.25) is 0 Å². The Morgan fingerprint density at radius 1 is 1.09 bits per heavy atom. The van der Waals surface area contributed by atoms with Gasteiger partial charge >= 0.3 is 11.8 Å². The molecule has 2 heterocycles. The van der Waals surface area contributed by atoms with Crippen LogP contribution in [0.1, 0.15) is 21.8 Å². The van der Waals surface area contributed by atoms with E-state index in [-0.39, 0.29) is 5.89 Å². The van der Waals surface area contributed by atoms with Gasteiger partial charge in [0.15, 0.2) is 0 Å². The van der Waals surface area contributed by atoms with Gasteiger partial charge in [-0.25, -0.2) is 0 Å². The van der Waals surface area contributed by atoms with Crippen molar-refractivity contribution in [1.82, 2.24) is 20.5 Å². The number of amides is 1. The first kappa shape index (κ1) is 13.9. The molecule has 2 aromatic heterocycles. The minimum Gasteiger partial charge on any atom is -0.412 e. The lowest BCUT2D eigenvalue weighted by atomic mass is 10.1. The van der Waals surface area contributed by atoms with Gasteiger partial charge < -0.3 is 9.73 Å². The summed E-state index contributed by atoms with van der Waals surface area (Å²) in [4.78, 5) is 15.9. The van der Waals surface area contributed by atoms with Crippen LogP contribution in [0.5, 0.6) is 0 Å². The van der Waals surface area contributed by atoms with Crippen LogP contribution in [0.4, 0.5) is 0 Å². The first-order valence-corrected chi connectivity index (χ1v) is 6.80. The van der Waals surface area contributed by atoms with Crippen molar-refractivity contribution < 1.29 is 9.21 Å². The number of benzene rings is 1. The zero-order valence-electron chi connectivity index (χ0n) is 12.0. The highest BCUT2D eigenvalue weighted by Gasteiger charge is 2.15. The molecule has 0 saturated heterocycles. The molecule has 6 heteroatoms. The maximum Gasteiger partial charge on any atom is 0.309 e. The fourth-order valence-electron chi connectivity index (χ4n) is 1.89. The van der Waals surface area contributed by atoms with E-state index in [0.717, 1.165) is 11.1 Å². The standard InChI is InChI=1S/C16H14N4O2/c1-11-2-4-12(5-3-11)10-18-14(21)16-20-19-15(22-16)13-6-8-17-9-7-13/h2-9H,10H2,1H3,(H,18,21). The van der Waals surface area contributed by atoms with Crippen LogP contribution >= 0.6 is 0 Å². The van der Waals surface area contributed by atoms with Crippen molar-refractivity contribution >= 4 is 5.91 Å². The van der Waals surface area contributed by atoms with Gasteiger partial charge in [-0.05, 0) is 24.6 Å². The van der Waals surface area contributed by atoms with Gasteiger partial charge in [0.2, 0.25) is 5.89 Å². The highest BCUT2D eigenvalue weighted by molar-refractivity contribution is 5.89. The lowest BCUT2D eigenvalue weighted by Gasteiger charge is -2.02.